The molecule has 1 amide bonds. The molecule has 53 heavy (non-hydrogen) atoms. The van der Waals surface area contributed by atoms with Crippen LogP contribution in [-0.4, -0.2) is 87.7 Å². The number of nitro groups is 1. The summed E-state index contributed by atoms with van der Waals surface area (Å²) in [5.74, 6) is -1.72. The first kappa shape index (κ1) is 39.3. The Kier molecular flexibility index (Phi) is 11.2. The maximum atomic E-state index is 15.6. The van der Waals surface area contributed by atoms with Gasteiger partial charge in [0.15, 0.2) is 5.65 Å². The van der Waals surface area contributed by atoms with Crippen LogP contribution in [0.1, 0.15) is 53.2 Å². The van der Waals surface area contributed by atoms with Gasteiger partial charge in [-0.3, -0.25) is 24.5 Å². The zero-order valence-corrected chi connectivity index (χ0v) is 32.3. The summed E-state index contributed by atoms with van der Waals surface area (Å²) in [6.07, 6.45) is 2.65. The van der Waals surface area contributed by atoms with Crippen molar-refractivity contribution in [2.45, 2.75) is 70.0 Å². The van der Waals surface area contributed by atoms with Crippen LogP contribution in [0.5, 0.6) is 5.75 Å². The molecule has 3 aromatic heterocycles. The van der Waals surface area contributed by atoms with Crippen molar-refractivity contribution in [3.8, 4) is 22.7 Å². The van der Waals surface area contributed by atoms with E-state index in [1.54, 1.807) is 46.2 Å². The molecule has 14 nitrogen and oxygen atoms in total. The van der Waals surface area contributed by atoms with Crippen molar-refractivity contribution in [2.24, 2.45) is 0 Å². The molecule has 0 radical (unpaired) electrons. The van der Waals surface area contributed by atoms with Gasteiger partial charge in [0.25, 0.3) is 0 Å². The van der Waals surface area contributed by atoms with Crippen molar-refractivity contribution in [1.29, 1.82) is 0 Å². The average molecular weight is 771 g/mol. The monoisotopic (exact) mass is 770 g/mol. The molecular weight excluding hydrogens is 731 g/mol. The van der Waals surface area contributed by atoms with Crippen molar-refractivity contribution >= 4 is 57.8 Å². The molecule has 1 fully saturated rings. The minimum absolute atomic E-state index is 0.00205. The summed E-state index contributed by atoms with van der Waals surface area (Å²) in [4.78, 5) is 66.7. The minimum atomic E-state index is -1.34. The lowest BCUT2D eigenvalue weighted by Gasteiger charge is -2.45. The second kappa shape index (κ2) is 15.2. The molecule has 1 saturated heterocycles. The van der Waals surface area contributed by atoms with Crippen molar-refractivity contribution in [1.82, 2.24) is 19.4 Å². The Morgan fingerprint density at radius 3 is 2.43 bits per heavy atom. The van der Waals surface area contributed by atoms with Crippen LogP contribution >= 0.6 is 23.4 Å². The summed E-state index contributed by atoms with van der Waals surface area (Å²) in [6.45, 7) is 10.0. The van der Waals surface area contributed by atoms with Crippen molar-refractivity contribution in [3.05, 3.63) is 73.5 Å². The molecule has 0 aliphatic carbocycles. The Labute approximate surface area is 314 Å². The number of benzene rings is 1. The Balaban J connectivity index is 1.95. The third kappa shape index (κ3) is 7.34. The molecule has 0 unspecified atom stereocenters. The highest BCUT2D eigenvalue weighted by molar-refractivity contribution is 7.98. The molecule has 4 heterocycles. The van der Waals surface area contributed by atoms with Gasteiger partial charge in [0.05, 0.1) is 58.7 Å². The third-order valence-electron chi connectivity index (χ3n) is 8.70. The Morgan fingerprint density at radius 1 is 1.15 bits per heavy atom. The van der Waals surface area contributed by atoms with E-state index >= 15 is 4.39 Å². The van der Waals surface area contributed by atoms with Crippen LogP contribution < -0.4 is 15.2 Å². The molecule has 1 aliphatic heterocycles. The van der Waals surface area contributed by atoms with E-state index in [1.165, 1.54) is 52.9 Å². The number of rotatable bonds is 8. The predicted octanol–water partition coefficient (Wildman–Crippen LogP) is 6.99. The van der Waals surface area contributed by atoms with Gasteiger partial charge in [-0.25, -0.2) is 19.0 Å². The molecule has 0 spiro atoms. The number of thioether (sulfide) groups is 1. The lowest BCUT2D eigenvalue weighted by molar-refractivity contribution is -0.385. The number of nitrogens with zero attached hydrogens (tertiary/aromatic N) is 6. The number of aromatic nitrogens is 3. The minimum Gasteiger partial charge on any atom is -0.496 e. The van der Waals surface area contributed by atoms with Crippen molar-refractivity contribution < 1.29 is 33.1 Å². The quantitative estimate of drug-likeness (QED) is 0.0784. The van der Waals surface area contributed by atoms with Crippen LogP contribution in [0.4, 0.5) is 20.6 Å². The van der Waals surface area contributed by atoms with Gasteiger partial charge in [-0.15, -0.1) is 11.8 Å². The van der Waals surface area contributed by atoms with Crippen molar-refractivity contribution in [3.63, 3.8) is 0 Å². The molecule has 1 aliphatic rings. The topological polar surface area (TPSA) is 159 Å². The maximum Gasteiger partial charge on any atom is 0.410 e. The van der Waals surface area contributed by atoms with Crippen LogP contribution in [-0.2, 0) is 14.3 Å². The summed E-state index contributed by atoms with van der Waals surface area (Å²) in [5.41, 5.74) is -2.76. The van der Waals surface area contributed by atoms with Crippen LogP contribution in [0.3, 0.4) is 0 Å². The van der Waals surface area contributed by atoms with E-state index in [9.17, 15) is 24.5 Å². The van der Waals surface area contributed by atoms with Crippen LogP contribution in [0.15, 0.2) is 46.2 Å². The number of piperazine rings is 1. The van der Waals surface area contributed by atoms with E-state index < -0.39 is 51.7 Å². The van der Waals surface area contributed by atoms with E-state index in [0.29, 0.717) is 10.6 Å². The van der Waals surface area contributed by atoms with Crippen LogP contribution in [0.25, 0.3) is 28.0 Å². The SMILES string of the molecule is COC(=O)[C@H]1CN(C(=O)OC(C)(C)C)[C@H](C)CN1c1c([N+](=O)[O-])c(=O)n(-c2c(SC)ccnc2C(C)C)c2nc(-c3c(F)cccc3OC)c(Cl)cc12. The number of anilines is 1. The van der Waals surface area contributed by atoms with Gasteiger partial charge in [0.2, 0.25) is 0 Å². The number of carbonyl (C=O) groups is 2. The predicted molar refractivity (Wildman–Crippen MR) is 200 cm³/mol. The van der Waals surface area contributed by atoms with Gasteiger partial charge < -0.3 is 24.0 Å². The number of methoxy groups -OCH3 is 2. The Morgan fingerprint density at radius 2 is 1.85 bits per heavy atom. The summed E-state index contributed by atoms with van der Waals surface area (Å²) in [5, 5.41) is 13.0. The first-order valence-electron chi connectivity index (χ1n) is 16.6. The Bertz CT molecular complexity index is 2170. The van der Waals surface area contributed by atoms with E-state index in [-0.39, 0.29) is 63.4 Å². The standard InChI is InChI=1S/C36H40ClFN6O8S/c1-18(2)27-30(25(53-9)13-14-39-27)43-32-20(15-21(37)28(40-32)26-22(38)11-10-12-24(26)50-7)29(31(33(43)45)44(48)49)42-16-19(3)41(17-23(42)34(46)51-8)35(47)52-36(4,5)6/h10-15,18-19,23H,16-17H2,1-9H3/t19-,23-/m1/s1. The fourth-order valence-electron chi connectivity index (χ4n) is 6.40. The number of hydrogen-bond acceptors (Lipinski definition) is 12. The molecule has 0 N–H and O–H groups in total. The summed E-state index contributed by atoms with van der Waals surface area (Å²) in [6, 6.07) is 5.18. The molecule has 17 heteroatoms. The zero-order valence-electron chi connectivity index (χ0n) is 30.7. The highest BCUT2D eigenvalue weighted by atomic mass is 35.5. The Hall–Kier alpha value is -4.96. The van der Waals surface area contributed by atoms with Crippen LogP contribution in [0.2, 0.25) is 5.02 Å². The van der Waals surface area contributed by atoms with Gasteiger partial charge in [-0.05, 0) is 64.1 Å². The van der Waals surface area contributed by atoms with Gasteiger partial charge in [0, 0.05) is 23.7 Å². The number of carbonyl (C=O) groups excluding carboxylic acids is 2. The first-order chi connectivity index (χ1) is 24.9. The van der Waals surface area contributed by atoms with E-state index in [2.05, 4.69) is 4.98 Å². The van der Waals surface area contributed by atoms with Gasteiger partial charge in [-0.2, -0.15) is 0 Å². The molecule has 4 aromatic rings. The fraction of sp³-hybridized carbons (Fsp3) is 0.417. The number of esters is 1. The lowest BCUT2D eigenvalue weighted by Crippen LogP contribution is -2.62. The van der Waals surface area contributed by atoms with E-state index in [0.717, 1.165) is 11.7 Å². The average Bonchev–Trinajstić information content (AvgIpc) is 3.09. The van der Waals surface area contributed by atoms with E-state index in [1.807, 2.05) is 13.8 Å². The number of hydrogen-bond donors (Lipinski definition) is 0. The second-order valence-electron chi connectivity index (χ2n) is 13.7. The highest BCUT2D eigenvalue weighted by Gasteiger charge is 2.45. The number of amides is 1. The summed E-state index contributed by atoms with van der Waals surface area (Å²) < 4.78 is 32.9. The maximum absolute atomic E-state index is 15.6. The molecule has 0 bridgehead atoms. The normalized spacial score (nSPS) is 16.2. The molecule has 282 valence electrons. The third-order valence-corrected chi connectivity index (χ3v) is 9.76. The first-order valence-corrected chi connectivity index (χ1v) is 18.2. The van der Waals surface area contributed by atoms with Gasteiger partial charge >= 0.3 is 23.3 Å². The number of ether oxygens (including phenoxy) is 3. The molecular formula is C36H40ClFN6O8S. The molecule has 2 atom stereocenters. The smallest absolute Gasteiger partial charge is 0.410 e. The molecule has 1 aromatic carbocycles. The largest absolute Gasteiger partial charge is 0.496 e. The molecule has 5 rings (SSSR count). The second-order valence-corrected chi connectivity index (χ2v) is 14.9. The zero-order chi connectivity index (χ0) is 39.1. The molecule has 0 saturated carbocycles. The van der Waals surface area contributed by atoms with Crippen molar-refractivity contribution in [2.75, 3.05) is 38.5 Å². The summed E-state index contributed by atoms with van der Waals surface area (Å²) >= 11 is 8.19. The lowest BCUT2D eigenvalue weighted by atomic mass is 10.0. The van der Waals surface area contributed by atoms with E-state index in [4.69, 9.17) is 30.8 Å². The number of halogens is 2. The van der Waals surface area contributed by atoms with Gasteiger partial charge in [-0.1, -0.05) is 31.5 Å². The number of pyridine rings is 3. The van der Waals surface area contributed by atoms with Gasteiger partial charge in [0.1, 0.15) is 28.9 Å². The number of fused-ring (bicyclic) bond motifs is 1. The van der Waals surface area contributed by atoms with Crippen LogP contribution in [0, 0.1) is 15.9 Å². The fourth-order valence-corrected chi connectivity index (χ4v) is 7.23. The summed E-state index contributed by atoms with van der Waals surface area (Å²) in [7, 11) is 2.50. The highest BCUT2D eigenvalue weighted by Crippen LogP contribution is 2.44.